The van der Waals surface area contributed by atoms with E-state index < -0.39 is 0 Å². The van der Waals surface area contributed by atoms with E-state index in [0.717, 1.165) is 0 Å². The lowest BCUT2D eigenvalue weighted by molar-refractivity contribution is 1.10. The Kier molecular flexibility index (Phi) is 2.17. The Balaban J connectivity index is 2.25. The van der Waals surface area contributed by atoms with Gasteiger partial charge in [0.05, 0.1) is 11.6 Å². The smallest absolute Gasteiger partial charge is 0.248 e. The summed E-state index contributed by atoms with van der Waals surface area (Å²) < 4.78 is 1.73. The van der Waals surface area contributed by atoms with Crippen molar-refractivity contribution in [1.82, 2.24) is 19.6 Å². The molecule has 0 aliphatic rings. The summed E-state index contributed by atoms with van der Waals surface area (Å²) in [4.78, 5) is 13.8. The first-order chi connectivity index (χ1) is 8.78. The fourth-order valence-corrected chi connectivity index (χ4v) is 1.74. The molecule has 6 heteroatoms. The molecule has 0 fully saturated rings. The van der Waals surface area contributed by atoms with Gasteiger partial charge in [0.15, 0.2) is 11.5 Å². The first-order valence-corrected chi connectivity index (χ1v) is 5.22. The van der Waals surface area contributed by atoms with E-state index in [2.05, 4.69) is 15.2 Å². The summed E-state index contributed by atoms with van der Waals surface area (Å²) in [6.07, 6.45) is 3.27. The van der Waals surface area contributed by atoms with Crippen molar-refractivity contribution < 1.29 is 0 Å². The zero-order chi connectivity index (χ0) is 12.5. The third kappa shape index (κ3) is 1.55. The molecule has 0 unspecified atom stereocenters. The van der Waals surface area contributed by atoms with Crippen molar-refractivity contribution >= 4 is 5.65 Å². The molecule has 3 aromatic heterocycles. The number of hydrogen-bond acceptors (Lipinski definition) is 4. The second-order valence-electron chi connectivity index (χ2n) is 3.72. The van der Waals surface area contributed by atoms with Crippen LogP contribution in [0.4, 0.5) is 0 Å². The highest BCUT2D eigenvalue weighted by molar-refractivity contribution is 5.59. The summed E-state index contributed by atoms with van der Waals surface area (Å²) >= 11 is 0. The molecule has 0 saturated heterocycles. The predicted molar refractivity (Wildman–Crippen MR) is 63.8 cm³/mol. The number of nitrogens with one attached hydrogen (secondary N) is 1. The van der Waals surface area contributed by atoms with Crippen molar-refractivity contribution in [3.63, 3.8) is 0 Å². The van der Waals surface area contributed by atoms with Crippen LogP contribution in [0.2, 0.25) is 0 Å². The quantitative estimate of drug-likeness (QED) is 0.682. The number of H-pyrrole nitrogens is 1. The summed E-state index contributed by atoms with van der Waals surface area (Å²) in [6.45, 7) is 0. The van der Waals surface area contributed by atoms with Gasteiger partial charge in [0.25, 0.3) is 0 Å². The summed E-state index contributed by atoms with van der Waals surface area (Å²) in [7, 11) is 0. The van der Waals surface area contributed by atoms with Gasteiger partial charge in [-0.15, -0.1) is 10.2 Å². The van der Waals surface area contributed by atoms with Crippen LogP contribution in [0.25, 0.3) is 17.0 Å². The Bertz CT molecular complexity index is 824. The minimum absolute atomic E-state index is 0.196. The highest BCUT2D eigenvalue weighted by Crippen LogP contribution is 2.16. The highest BCUT2D eigenvalue weighted by atomic mass is 16.1. The lowest BCUT2D eigenvalue weighted by Crippen LogP contribution is -2.03. The summed E-state index contributed by atoms with van der Waals surface area (Å²) in [5.74, 6) is 0.570. The van der Waals surface area contributed by atoms with Crippen molar-refractivity contribution in [2.75, 3.05) is 0 Å². The van der Waals surface area contributed by atoms with E-state index >= 15 is 0 Å². The third-order valence-electron chi connectivity index (χ3n) is 2.57. The van der Waals surface area contributed by atoms with Crippen LogP contribution in [0, 0.1) is 11.3 Å². The third-order valence-corrected chi connectivity index (χ3v) is 2.57. The minimum atomic E-state index is -0.196. The number of aromatic nitrogens is 4. The molecule has 1 N–H and O–H groups in total. The van der Waals surface area contributed by atoms with Crippen LogP contribution in [0.5, 0.6) is 0 Å². The molecule has 0 amide bonds. The number of pyridine rings is 2. The zero-order valence-electron chi connectivity index (χ0n) is 9.16. The van der Waals surface area contributed by atoms with Crippen LogP contribution in [0.15, 0.2) is 41.5 Å². The Morgan fingerprint density at radius 2 is 2.17 bits per heavy atom. The van der Waals surface area contributed by atoms with Crippen LogP contribution < -0.4 is 5.56 Å². The van der Waals surface area contributed by atoms with E-state index in [4.69, 9.17) is 5.26 Å². The van der Waals surface area contributed by atoms with Crippen molar-refractivity contribution in [2.24, 2.45) is 0 Å². The molecule has 0 spiro atoms. The molecule has 6 nitrogen and oxygen atoms in total. The van der Waals surface area contributed by atoms with Crippen LogP contribution >= 0.6 is 0 Å². The number of nitriles is 1. The monoisotopic (exact) mass is 237 g/mol. The minimum Gasteiger partial charge on any atom is -0.329 e. The molecule has 0 saturated carbocycles. The molecule has 0 aliphatic heterocycles. The van der Waals surface area contributed by atoms with Crippen molar-refractivity contribution in [1.29, 1.82) is 5.26 Å². The van der Waals surface area contributed by atoms with Crippen molar-refractivity contribution in [3.05, 3.63) is 52.6 Å². The van der Waals surface area contributed by atoms with Gasteiger partial charge in [0, 0.05) is 30.1 Å². The van der Waals surface area contributed by atoms with E-state index in [1.807, 2.05) is 6.07 Å². The van der Waals surface area contributed by atoms with Crippen molar-refractivity contribution in [3.8, 4) is 17.5 Å². The summed E-state index contributed by atoms with van der Waals surface area (Å²) in [5.41, 5.74) is 1.57. The molecule has 3 rings (SSSR count). The van der Waals surface area contributed by atoms with Gasteiger partial charge < -0.3 is 4.98 Å². The van der Waals surface area contributed by atoms with E-state index in [1.54, 1.807) is 35.0 Å². The van der Waals surface area contributed by atoms with Gasteiger partial charge in [0.1, 0.15) is 0 Å². The lowest BCUT2D eigenvalue weighted by atomic mass is 10.2. The van der Waals surface area contributed by atoms with Crippen LogP contribution in [0.1, 0.15) is 5.56 Å². The number of hydrogen-bond donors (Lipinski definition) is 1. The summed E-state index contributed by atoms with van der Waals surface area (Å²) in [5, 5.41) is 16.8. The lowest BCUT2D eigenvalue weighted by Gasteiger charge is -1.98. The first kappa shape index (κ1) is 10.2. The maximum Gasteiger partial charge on any atom is 0.248 e. The van der Waals surface area contributed by atoms with Crippen LogP contribution in [-0.2, 0) is 0 Å². The van der Waals surface area contributed by atoms with Gasteiger partial charge in [-0.3, -0.25) is 9.20 Å². The Morgan fingerprint density at radius 3 is 2.94 bits per heavy atom. The highest BCUT2D eigenvalue weighted by Gasteiger charge is 2.08. The van der Waals surface area contributed by atoms with E-state index in [-0.39, 0.29) is 5.56 Å². The second kappa shape index (κ2) is 3.82. The molecule has 0 bridgehead atoms. The topological polar surface area (TPSA) is 86.8 Å². The number of fused-ring (bicyclic) bond motifs is 1. The molecule has 0 radical (unpaired) electrons. The molecule has 3 heterocycles. The predicted octanol–water partition coefficient (Wildman–Crippen LogP) is 0.956. The molecular formula is C12H7N5O. The molecule has 0 atom stereocenters. The van der Waals surface area contributed by atoms with Gasteiger partial charge in [-0.1, -0.05) is 0 Å². The molecule has 3 aromatic rings. The first-order valence-electron chi connectivity index (χ1n) is 5.22. The fourth-order valence-electron chi connectivity index (χ4n) is 1.74. The molecule has 0 aromatic carbocycles. The SMILES string of the molecule is N#Cc1ccn2c(-c3cc[nH]c(=O)c3)nnc2c1. The Labute approximate surface area is 101 Å². The molecule has 86 valence electrons. The van der Waals surface area contributed by atoms with Gasteiger partial charge in [0.2, 0.25) is 5.56 Å². The maximum atomic E-state index is 11.3. The normalized spacial score (nSPS) is 10.4. The van der Waals surface area contributed by atoms with Crippen molar-refractivity contribution in [2.45, 2.75) is 0 Å². The number of nitrogens with zero attached hydrogens (tertiary/aromatic N) is 4. The van der Waals surface area contributed by atoms with Gasteiger partial charge in [-0.2, -0.15) is 5.26 Å². The standard InChI is InChI=1S/C12H7N5O/c13-7-8-2-4-17-10(5-8)15-16-12(17)9-1-3-14-11(18)6-9/h1-6H,(H,14,18). The van der Waals surface area contributed by atoms with Crippen LogP contribution in [0.3, 0.4) is 0 Å². The second-order valence-corrected chi connectivity index (χ2v) is 3.72. The zero-order valence-corrected chi connectivity index (χ0v) is 9.16. The average molecular weight is 237 g/mol. The fraction of sp³-hybridized carbons (Fsp3) is 0. The number of aromatic amines is 1. The molecular weight excluding hydrogens is 230 g/mol. The van der Waals surface area contributed by atoms with Crippen LogP contribution in [-0.4, -0.2) is 19.6 Å². The van der Waals surface area contributed by atoms with E-state index in [9.17, 15) is 4.79 Å². The number of rotatable bonds is 1. The Hall–Kier alpha value is -2.94. The Morgan fingerprint density at radius 1 is 1.28 bits per heavy atom. The van der Waals surface area contributed by atoms with E-state index in [1.165, 1.54) is 6.07 Å². The summed E-state index contributed by atoms with van der Waals surface area (Å²) in [6, 6.07) is 8.56. The van der Waals surface area contributed by atoms with Gasteiger partial charge >= 0.3 is 0 Å². The molecule has 18 heavy (non-hydrogen) atoms. The maximum absolute atomic E-state index is 11.3. The average Bonchev–Trinajstić information content (AvgIpc) is 2.81. The molecule has 0 aliphatic carbocycles. The van der Waals surface area contributed by atoms with Gasteiger partial charge in [-0.25, -0.2) is 0 Å². The van der Waals surface area contributed by atoms with Gasteiger partial charge in [-0.05, 0) is 12.1 Å². The largest absolute Gasteiger partial charge is 0.329 e. The van der Waals surface area contributed by atoms with E-state index in [0.29, 0.717) is 22.6 Å².